The molecule has 0 radical (unpaired) electrons. The molecule has 0 aliphatic carbocycles. The number of rotatable bonds is 3. The van der Waals surface area contributed by atoms with Gasteiger partial charge in [-0.1, -0.05) is 0 Å². The zero-order chi connectivity index (χ0) is 12.4. The minimum Gasteiger partial charge on any atom is -0.389 e. The molecule has 6 heteroatoms. The summed E-state index contributed by atoms with van der Waals surface area (Å²) in [5, 5.41) is 11.6. The Kier molecular flexibility index (Phi) is 3.44. The van der Waals surface area contributed by atoms with Gasteiger partial charge in [-0.15, -0.1) is 11.3 Å². The molecule has 0 spiro atoms. The molecule has 1 aliphatic rings. The summed E-state index contributed by atoms with van der Waals surface area (Å²) in [5.41, 5.74) is 0. The number of aliphatic hydroxyl groups excluding tert-OH is 1. The third kappa shape index (κ3) is 2.83. The lowest BCUT2D eigenvalue weighted by atomic mass is 10.2. The maximum absolute atomic E-state index is 11.6. The van der Waals surface area contributed by atoms with Crippen molar-refractivity contribution in [1.82, 2.24) is 10.2 Å². The predicted octanol–water partition coefficient (Wildman–Crippen LogP) is -0.0106. The van der Waals surface area contributed by atoms with Gasteiger partial charge in [-0.2, -0.15) is 0 Å². The van der Waals surface area contributed by atoms with Crippen molar-refractivity contribution in [3.05, 3.63) is 21.9 Å². The van der Waals surface area contributed by atoms with E-state index in [1.54, 1.807) is 6.07 Å². The molecule has 1 fully saturated rings. The van der Waals surface area contributed by atoms with Gasteiger partial charge in [-0.25, -0.2) is 0 Å². The molecule has 92 valence electrons. The lowest BCUT2D eigenvalue weighted by Gasteiger charge is -2.35. The highest BCUT2D eigenvalue weighted by molar-refractivity contribution is 7.13. The first-order valence-corrected chi connectivity index (χ1v) is 6.18. The van der Waals surface area contributed by atoms with Crippen LogP contribution in [0.1, 0.15) is 14.5 Å². The molecule has 1 aromatic heterocycles. The minimum absolute atomic E-state index is 0.0114. The Morgan fingerprint density at radius 1 is 1.53 bits per heavy atom. The first-order valence-electron chi connectivity index (χ1n) is 5.37. The van der Waals surface area contributed by atoms with Gasteiger partial charge in [0.15, 0.2) is 0 Å². The second kappa shape index (κ2) is 4.85. The molecule has 5 nitrogen and oxygen atoms in total. The van der Waals surface area contributed by atoms with E-state index in [2.05, 4.69) is 5.32 Å². The van der Waals surface area contributed by atoms with Crippen LogP contribution in [0.25, 0.3) is 0 Å². The molecule has 1 aliphatic heterocycles. The number of amides is 2. The highest BCUT2D eigenvalue weighted by Crippen LogP contribution is 2.14. The number of likely N-dealkylation sites (tertiary alicyclic amines) is 1. The molecule has 2 amide bonds. The number of aliphatic hydroxyl groups is 1. The lowest BCUT2D eigenvalue weighted by Crippen LogP contribution is -2.55. The van der Waals surface area contributed by atoms with Gasteiger partial charge < -0.3 is 15.3 Å². The van der Waals surface area contributed by atoms with Crippen LogP contribution in [0.5, 0.6) is 0 Å². The average Bonchev–Trinajstić information content (AvgIpc) is 2.68. The molecule has 1 saturated heterocycles. The SMILES string of the molecule is Cc1ccc(C(=O)NCC(=O)N2CC(O)C2)s1. The number of hydrogen-bond donors (Lipinski definition) is 2. The average molecular weight is 254 g/mol. The Balaban J connectivity index is 1.78. The monoisotopic (exact) mass is 254 g/mol. The van der Waals surface area contributed by atoms with Crippen LogP contribution in [0.3, 0.4) is 0 Å². The standard InChI is InChI=1S/C11H14N2O3S/c1-7-2-3-9(17-7)11(16)12-4-10(15)13-5-8(14)6-13/h2-3,8,14H,4-6H2,1H3,(H,12,16). The van der Waals surface area contributed by atoms with Crippen molar-refractivity contribution in [3.8, 4) is 0 Å². The summed E-state index contributed by atoms with van der Waals surface area (Å²) >= 11 is 1.40. The number of carbonyl (C=O) groups excluding carboxylic acids is 2. The van der Waals surface area contributed by atoms with Crippen molar-refractivity contribution in [2.75, 3.05) is 19.6 Å². The van der Waals surface area contributed by atoms with E-state index in [9.17, 15) is 9.59 Å². The van der Waals surface area contributed by atoms with Crippen LogP contribution >= 0.6 is 11.3 Å². The molecule has 2 rings (SSSR count). The van der Waals surface area contributed by atoms with Gasteiger partial charge in [0.2, 0.25) is 5.91 Å². The molecule has 0 atom stereocenters. The quantitative estimate of drug-likeness (QED) is 0.797. The van der Waals surface area contributed by atoms with E-state index in [4.69, 9.17) is 5.11 Å². The molecule has 0 bridgehead atoms. The van der Waals surface area contributed by atoms with Crippen LogP contribution in [0, 0.1) is 6.92 Å². The Bertz CT molecular complexity index is 438. The normalized spacial score (nSPS) is 15.5. The highest BCUT2D eigenvalue weighted by atomic mass is 32.1. The zero-order valence-electron chi connectivity index (χ0n) is 9.47. The van der Waals surface area contributed by atoms with Gasteiger partial charge >= 0.3 is 0 Å². The third-order valence-electron chi connectivity index (χ3n) is 2.58. The second-order valence-electron chi connectivity index (χ2n) is 4.05. The summed E-state index contributed by atoms with van der Waals surface area (Å²) in [4.78, 5) is 26.3. The molecule has 2 heterocycles. The molecular formula is C11H14N2O3S. The molecule has 1 aromatic rings. The summed E-state index contributed by atoms with van der Waals surface area (Å²) in [6.07, 6.45) is -0.408. The minimum atomic E-state index is -0.408. The highest BCUT2D eigenvalue weighted by Gasteiger charge is 2.28. The maximum atomic E-state index is 11.6. The van der Waals surface area contributed by atoms with Crippen LogP contribution in [-0.4, -0.2) is 47.6 Å². The number of hydrogen-bond acceptors (Lipinski definition) is 4. The van der Waals surface area contributed by atoms with Crippen molar-refractivity contribution in [3.63, 3.8) is 0 Å². The molecular weight excluding hydrogens is 240 g/mol. The van der Waals surface area contributed by atoms with Crippen molar-refractivity contribution >= 4 is 23.2 Å². The number of carbonyl (C=O) groups is 2. The van der Waals surface area contributed by atoms with E-state index in [1.807, 2.05) is 13.0 Å². The summed E-state index contributed by atoms with van der Waals surface area (Å²) < 4.78 is 0. The number of nitrogens with zero attached hydrogens (tertiary/aromatic N) is 1. The van der Waals surface area contributed by atoms with E-state index in [0.29, 0.717) is 18.0 Å². The van der Waals surface area contributed by atoms with Gasteiger partial charge in [-0.05, 0) is 19.1 Å². The van der Waals surface area contributed by atoms with Gasteiger partial charge in [0.1, 0.15) is 0 Å². The summed E-state index contributed by atoms with van der Waals surface area (Å²) in [6.45, 7) is 2.65. The van der Waals surface area contributed by atoms with Gasteiger partial charge in [0.25, 0.3) is 5.91 Å². The molecule has 2 N–H and O–H groups in total. The van der Waals surface area contributed by atoms with E-state index in [0.717, 1.165) is 4.88 Å². The largest absolute Gasteiger partial charge is 0.389 e. The smallest absolute Gasteiger partial charge is 0.261 e. The fraction of sp³-hybridized carbons (Fsp3) is 0.455. The van der Waals surface area contributed by atoms with Crippen molar-refractivity contribution in [2.45, 2.75) is 13.0 Å². The Morgan fingerprint density at radius 3 is 2.76 bits per heavy atom. The zero-order valence-corrected chi connectivity index (χ0v) is 10.3. The summed E-state index contributed by atoms with van der Waals surface area (Å²) in [6, 6.07) is 3.61. The van der Waals surface area contributed by atoms with E-state index in [-0.39, 0.29) is 18.4 Å². The number of nitrogens with one attached hydrogen (secondary N) is 1. The van der Waals surface area contributed by atoms with Crippen molar-refractivity contribution in [2.24, 2.45) is 0 Å². The number of thiophene rings is 1. The number of β-amino-alcohol motifs (C(OH)–C–C–N with tert-alkyl or cyclic N) is 1. The lowest BCUT2D eigenvalue weighted by molar-refractivity contribution is -0.140. The maximum Gasteiger partial charge on any atom is 0.261 e. The van der Waals surface area contributed by atoms with Crippen LogP contribution in [-0.2, 0) is 4.79 Å². The summed E-state index contributed by atoms with van der Waals surface area (Å²) in [5.74, 6) is -0.380. The van der Waals surface area contributed by atoms with E-state index in [1.165, 1.54) is 16.2 Å². The Labute approximate surface area is 103 Å². The third-order valence-corrected chi connectivity index (χ3v) is 3.58. The second-order valence-corrected chi connectivity index (χ2v) is 5.33. The molecule has 0 saturated carbocycles. The van der Waals surface area contributed by atoms with Crippen molar-refractivity contribution in [1.29, 1.82) is 0 Å². The molecule has 17 heavy (non-hydrogen) atoms. The van der Waals surface area contributed by atoms with Gasteiger partial charge in [0, 0.05) is 18.0 Å². The Hall–Kier alpha value is -1.40. The first-order chi connectivity index (χ1) is 8.06. The summed E-state index contributed by atoms with van der Waals surface area (Å²) in [7, 11) is 0. The predicted molar refractivity (Wildman–Crippen MR) is 64.0 cm³/mol. The topological polar surface area (TPSA) is 69.6 Å². The molecule has 0 aromatic carbocycles. The van der Waals surface area contributed by atoms with Crippen molar-refractivity contribution < 1.29 is 14.7 Å². The van der Waals surface area contributed by atoms with Gasteiger partial charge in [-0.3, -0.25) is 9.59 Å². The van der Waals surface area contributed by atoms with E-state index >= 15 is 0 Å². The van der Waals surface area contributed by atoms with Gasteiger partial charge in [0.05, 0.1) is 17.5 Å². The number of aryl methyl sites for hydroxylation is 1. The van der Waals surface area contributed by atoms with Crippen LogP contribution in [0.2, 0.25) is 0 Å². The Morgan fingerprint density at radius 2 is 2.24 bits per heavy atom. The van der Waals surface area contributed by atoms with Crippen LogP contribution < -0.4 is 5.32 Å². The first kappa shape index (κ1) is 12.1. The van der Waals surface area contributed by atoms with Crippen LogP contribution in [0.15, 0.2) is 12.1 Å². The van der Waals surface area contributed by atoms with Crippen LogP contribution in [0.4, 0.5) is 0 Å². The fourth-order valence-corrected chi connectivity index (χ4v) is 2.35. The molecule has 0 unspecified atom stereocenters. The van der Waals surface area contributed by atoms with E-state index < -0.39 is 6.10 Å². The fourth-order valence-electron chi connectivity index (χ4n) is 1.57.